The molecule has 0 saturated carbocycles. The molecule has 0 aliphatic carbocycles. The molecule has 1 atom stereocenters. The van der Waals surface area contributed by atoms with E-state index >= 15 is 0 Å². The summed E-state index contributed by atoms with van der Waals surface area (Å²) in [6, 6.07) is 7.00. The molecular formula is C17H22ClN3O3. The normalized spacial score (nSPS) is 21.6. The second-order valence-electron chi connectivity index (χ2n) is 6.11. The zero-order valence-electron chi connectivity index (χ0n) is 13.5. The number of hydrogen-bond acceptors (Lipinski definition) is 4. The van der Waals surface area contributed by atoms with E-state index in [-0.39, 0.29) is 17.9 Å². The van der Waals surface area contributed by atoms with Crippen LogP contribution in [0.25, 0.3) is 0 Å². The zero-order valence-corrected chi connectivity index (χ0v) is 14.3. The summed E-state index contributed by atoms with van der Waals surface area (Å²) in [6.45, 7) is 4.35. The number of morpholine rings is 1. The molecule has 2 aliphatic rings. The number of nitrogens with zero attached hydrogens (tertiary/aromatic N) is 2. The molecule has 0 spiro atoms. The maximum absolute atomic E-state index is 12.5. The number of piperazine rings is 1. The van der Waals surface area contributed by atoms with E-state index in [2.05, 4.69) is 5.32 Å². The predicted octanol–water partition coefficient (Wildman–Crippen LogP) is 1.00. The number of rotatable bonds is 3. The number of halogens is 1. The van der Waals surface area contributed by atoms with Crippen LogP contribution >= 0.6 is 11.6 Å². The van der Waals surface area contributed by atoms with Gasteiger partial charge < -0.3 is 19.9 Å². The van der Waals surface area contributed by atoms with Gasteiger partial charge in [-0.3, -0.25) is 9.59 Å². The van der Waals surface area contributed by atoms with Crippen LogP contribution in [0.4, 0.5) is 0 Å². The Bertz CT molecular complexity index is 579. The van der Waals surface area contributed by atoms with E-state index in [1.54, 1.807) is 29.2 Å². The Morgan fingerprint density at radius 2 is 1.79 bits per heavy atom. The Morgan fingerprint density at radius 1 is 1.12 bits per heavy atom. The number of ether oxygens (including phenoxy) is 1. The first-order chi connectivity index (χ1) is 11.6. The Hall–Kier alpha value is -1.63. The first-order valence-corrected chi connectivity index (χ1v) is 8.65. The van der Waals surface area contributed by atoms with Gasteiger partial charge in [0.2, 0.25) is 5.91 Å². The van der Waals surface area contributed by atoms with Crippen LogP contribution in [0.2, 0.25) is 5.02 Å². The molecule has 0 aromatic heterocycles. The molecule has 1 aromatic carbocycles. The van der Waals surface area contributed by atoms with Gasteiger partial charge in [0.15, 0.2) is 0 Å². The monoisotopic (exact) mass is 351 g/mol. The predicted molar refractivity (Wildman–Crippen MR) is 91.2 cm³/mol. The molecule has 2 amide bonds. The molecular weight excluding hydrogens is 330 g/mol. The second kappa shape index (κ2) is 7.96. The van der Waals surface area contributed by atoms with Crippen LogP contribution in [0.5, 0.6) is 0 Å². The Labute approximate surface area is 146 Å². The Morgan fingerprint density at radius 3 is 2.42 bits per heavy atom. The molecule has 0 radical (unpaired) electrons. The molecule has 6 nitrogen and oxygen atoms in total. The van der Waals surface area contributed by atoms with Crippen LogP contribution in [0.3, 0.4) is 0 Å². The van der Waals surface area contributed by atoms with Crippen molar-refractivity contribution in [2.24, 2.45) is 0 Å². The van der Waals surface area contributed by atoms with Gasteiger partial charge in [-0.1, -0.05) is 11.6 Å². The average molecular weight is 352 g/mol. The highest BCUT2D eigenvalue weighted by Gasteiger charge is 2.26. The van der Waals surface area contributed by atoms with Crippen molar-refractivity contribution in [2.45, 2.75) is 12.5 Å². The quantitative estimate of drug-likeness (QED) is 0.882. The molecule has 24 heavy (non-hydrogen) atoms. The van der Waals surface area contributed by atoms with Crippen molar-refractivity contribution in [1.29, 1.82) is 0 Å². The molecule has 1 N–H and O–H groups in total. The highest BCUT2D eigenvalue weighted by atomic mass is 35.5. The SMILES string of the molecule is O=C(CC1COCCN1)N1CCN(C(=O)c2ccc(Cl)cc2)CC1. The van der Waals surface area contributed by atoms with Gasteiger partial charge in [0, 0.05) is 55.8 Å². The summed E-state index contributed by atoms with van der Waals surface area (Å²) in [5, 5.41) is 3.91. The van der Waals surface area contributed by atoms with E-state index in [9.17, 15) is 9.59 Å². The van der Waals surface area contributed by atoms with Crippen LogP contribution in [0, 0.1) is 0 Å². The standard InChI is InChI=1S/C17H22ClN3O3/c18-14-3-1-13(2-4-14)17(23)21-8-6-20(7-9-21)16(22)11-15-12-24-10-5-19-15/h1-4,15,19H,5-12H2. The summed E-state index contributed by atoms with van der Waals surface area (Å²) in [6.07, 6.45) is 0.450. The summed E-state index contributed by atoms with van der Waals surface area (Å²) in [4.78, 5) is 28.4. The number of hydrogen-bond donors (Lipinski definition) is 1. The van der Waals surface area contributed by atoms with Crippen LogP contribution in [0.1, 0.15) is 16.8 Å². The van der Waals surface area contributed by atoms with Crippen LogP contribution in [0.15, 0.2) is 24.3 Å². The molecule has 2 saturated heterocycles. The van der Waals surface area contributed by atoms with Crippen LogP contribution in [-0.2, 0) is 9.53 Å². The lowest BCUT2D eigenvalue weighted by atomic mass is 10.1. The average Bonchev–Trinajstić information content (AvgIpc) is 2.63. The molecule has 3 rings (SSSR count). The Balaban J connectivity index is 1.48. The van der Waals surface area contributed by atoms with Crippen molar-refractivity contribution in [3.05, 3.63) is 34.9 Å². The molecule has 2 heterocycles. The maximum Gasteiger partial charge on any atom is 0.253 e. The van der Waals surface area contributed by atoms with Crippen LogP contribution < -0.4 is 5.32 Å². The summed E-state index contributed by atoms with van der Waals surface area (Å²) in [7, 11) is 0. The number of nitrogens with one attached hydrogen (secondary N) is 1. The van der Waals surface area contributed by atoms with E-state index in [4.69, 9.17) is 16.3 Å². The lowest BCUT2D eigenvalue weighted by Crippen LogP contribution is -2.52. The van der Waals surface area contributed by atoms with Gasteiger partial charge in [0.25, 0.3) is 5.91 Å². The molecule has 2 fully saturated rings. The molecule has 7 heteroatoms. The molecule has 130 valence electrons. The molecule has 2 aliphatic heterocycles. The van der Waals surface area contributed by atoms with Crippen molar-refractivity contribution < 1.29 is 14.3 Å². The molecule has 1 unspecified atom stereocenters. The van der Waals surface area contributed by atoms with Gasteiger partial charge in [0.05, 0.1) is 13.2 Å². The number of carbonyl (C=O) groups is 2. The van der Waals surface area contributed by atoms with Gasteiger partial charge in [-0.15, -0.1) is 0 Å². The van der Waals surface area contributed by atoms with E-state index < -0.39 is 0 Å². The fourth-order valence-electron chi connectivity index (χ4n) is 3.02. The van der Waals surface area contributed by atoms with Crippen molar-refractivity contribution in [3.63, 3.8) is 0 Å². The fourth-order valence-corrected chi connectivity index (χ4v) is 3.15. The highest BCUT2D eigenvalue weighted by molar-refractivity contribution is 6.30. The van der Waals surface area contributed by atoms with Crippen molar-refractivity contribution in [3.8, 4) is 0 Å². The molecule has 0 bridgehead atoms. The van der Waals surface area contributed by atoms with Crippen molar-refractivity contribution in [2.75, 3.05) is 45.9 Å². The Kier molecular flexibility index (Phi) is 5.71. The van der Waals surface area contributed by atoms with E-state index in [1.165, 1.54) is 0 Å². The third-order valence-corrected chi connectivity index (χ3v) is 4.68. The lowest BCUT2D eigenvalue weighted by molar-refractivity contribution is -0.133. The zero-order chi connectivity index (χ0) is 16.9. The van der Waals surface area contributed by atoms with Gasteiger partial charge in [0.1, 0.15) is 0 Å². The summed E-state index contributed by atoms with van der Waals surface area (Å²) in [5.41, 5.74) is 0.628. The van der Waals surface area contributed by atoms with E-state index in [0.29, 0.717) is 56.4 Å². The molecule has 1 aromatic rings. The van der Waals surface area contributed by atoms with Crippen LogP contribution in [-0.4, -0.2) is 73.6 Å². The minimum atomic E-state index is -0.0129. The smallest absolute Gasteiger partial charge is 0.253 e. The third-order valence-electron chi connectivity index (χ3n) is 4.43. The summed E-state index contributed by atoms with van der Waals surface area (Å²) < 4.78 is 5.38. The topological polar surface area (TPSA) is 61.9 Å². The number of amides is 2. The highest BCUT2D eigenvalue weighted by Crippen LogP contribution is 2.14. The number of benzene rings is 1. The first kappa shape index (κ1) is 17.2. The minimum absolute atomic E-state index is 0.0129. The van der Waals surface area contributed by atoms with Gasteiger partial charge >= 0.3 is 0 Å². The largest absolute Gasteiger partial charge is 0.378 e. The lowest BCUT2D eigenvalue weighted by Gasteiger charge is -2.36. The van der Waals surface area contributed by atoms with E-state index in [1.807, 2.05) is 4.90 Å². The maximum atomic E-state index is 12.5. The first-order valence-electron chi connectivity index (χ1n) is 8.27. The third kappa shape index (κ3) is 4.26. The summed E-state index contributed by atoms with van der Waals surface area (Å²) in [5.74, 6) is 0.109. The fraction of sp³-hybridized carbons (Fsp3) is 0.529. The van der Waals surface area contributed by atoms with Crippen molar-refractivity contribution in [1.82, 2.24) is 15.1 Å². The van der Waals surface area contributed by atoms with Gasteiger partial charge in [-0.05, 0) is 24.3 Å². The second-order valence-corrected chi connectivity index (χ2v) is 6.55. The van der Waals surface area contributed by atoms with Gasteiger partial charge in [-0.2, -0.15) is 0 Å². The van der Waals surface area contributed by atoms with Gasteiger partial charge in [-0.25, -0.2) is 0 Å². The summed E-state index contributed by atoms with van der Waals surface area (Å²) >= 11 is 5.85. The van der Waals surface area contributed by atoms with Crippen molar-refractivity contribution >= 4 is 23.4 Å². The minimum Gasteiger partial charge on any atom is -0.378 e. The number of carbonyl (C=O) groups excluding carboxylic acids is 2. The van der Waals surface area contributed by atoms with E-state index in [0.717, 1.165) is 6.54 Å².